The summed E-state index contributed by atoms with van der Waals surface area (Å²) in [4.78, 5) is 18.7. The van der Waals surface area contributed by atoms with Crippen LogP contribution in [0.1, 0.15) is 21.6 Å². The molecule has 132 valence electrons. The minimum absolute atomic E-state index is 0.232. The number of anilines is 1. The van der Waals surface area contributed by atoms with Crippen molar-refractivity contribution in [3.05, 3.63) is 70.7 Å². The summed E-state index contributed by atoms with van der Waals surface area (Å²) in [5.41, 5.74) is 1.84. The van der Waals surface area contributed by atoms with Gasteiger partial charge in [0.15, 0.2) is 0 Å². The first-order valence-electron chi connectivity index (χ1n) is 7.96. The lowest BCUT2D eigenvalue weighted by atomic mass is 10.1. The molecule has 7 heteroatoms. The summed E-state index contributed by atoms with van der Waals surface area (Å²) in [5.74, 6) is -0.232. The molecule has 0 saturated heterocycles. The van der Waals surface area contributed by atoms with E-state index in [1.54, 1.807) is 16.3 Å². The van der Waals surface area contributed by atoms with Gasteiger partial charge in [0, 0.05) is 23.2 Å². The van der Waals surface area contributed by atoms with Crippen LogP contribution >= 0.6 is 11.3 Å². The zero-order valence-electron chi connectivity index (χ0n) is 13.5. The largest absolute Gasteiger partial charge is 0.416 e. The standard InChI is InChI=1S/C19H13F3N2OS/c20-19(21,22)14-6-3-5-13(10-14)17-23-15(11-26-17)18(25)24-9-8-12-4-1-2-7-16(12)24/h1-7,10-11H,8-9H2. The molecule has 1 aromatic heterocycles. The molecule has 2 aromatic carbocycles. The highest BCUT2D eigenvalue weighted by Crippen LogP contribution is 2.34. The van der Waals surface area contributed by atoms with Crippen molar-refractivity contribution in [3.8, 4) is 10.6 Å². The van der Waals surface area contributed by atoms with E-state index in [1.165, 1.54) is 6.07 Å². The Morgan fingerprint density at radius 1 is 1.12 bits per heavy atom. The van der Waals surface area contributed by atoms with Gasteiger partial charge in [0.05, 0.1) is 5.56 Å². The Morgan fingerprint density at radius 2 is 1.92 bits per heavy atom. The maximum absolute atomic E-state index is 12.9. The summed E-state index contributed by atoms with van der Waals surface area (Å²) in [6.45, 7) is 0.578. The van der Waals surface area contributed by atoms with Gasteiger partial charge in [-0.1, -0.05) is 30.3 Å². The van der Waals surface area contributed by atoms with Gasteiger partial charge in [-0.3, -0.25) is 4.79 Å². The fourth-order valence-electron chi connectivity index (χ4n) is 3.02. The van der Waals surface area contributed by atoms with Gasteiger partial charge in [0.1, 0.15) is 10.7 Å². The molecular formula is C19H13F3N2OS. The monoisotopic (exact) mass is 374 g/mol. The predicted octanol–water partition coefficient (Wildman–Crippen LogP) is 5.03. The van der Waals surface area contributed by atoms with E-state index in [4.69, 9.17) is 0 Å². The molecule has 2 heterocycles. The van der Waals surface area contributed by atoms with E-state index in [0.29, 0.717) is 17.1 Å². The summed E-state index contributed by atoms with van der Waals surface area (Å²) in [6.07, 6.45) is -3.63. The number of halogens is 3. The highest BCUT2D eigenvalue weighted by Gasteiger charge is 2.31. The molecule has 0 bridgehead atoms. The Balaban J connectivity index is 1.62. The number of rotatable bonds is 2. The predicted molar refractivity (Wildman–Crippen MR) is 94.4 cm³/mol. The van der Waals surface area contributed by atoms with Gasteiger partial charge in [-0.15, -0.1) is 11.3 Å². The van der Waals surface area contributed by atoms with E-state index in [2.05, 4.69) is 4.98 Å². The van der Waals surface area contributed by atoms with Crippen LogP contribution in [0, 0.1) is 0 Å². The molecular weight excluding hydrogens is 361 g/mol. The van der Waals surface area contributed by atoms with Crippen molar-refractivity contribution in [1.82, 2.24) is 4.98 Å². The maximum Gasteiger partial charge on any atom is 0.416 e. The third-order valence-electron chi connectivity index (χ3n) is 4.29. The maximum atomic E-state index is 12.9. The molecule has 0 spiro atoms. The quantitative estimate of drug-likeness (QED) is 0.630. The number of aromatic nitrogens is 1. The minimum atomic E-state index is -4.41. The van der Waals surface area contributed by atoms with E-state index >= 15 is 0 Å². The zero-order chi connectivity index (χ0) is 18.3. The van der Waals surface area contributed by atoms with Crippen molar-refractivity contribution in [2.45, 2.75) is 12.6 Å². The second kappa shape index (κ2) is 6.25. The Labute approximate surface area is 151 Å². The first kappa shape index (κ1) is 16.8. The molecule has 3 aromatic rings. The highest BCUT2D eigenvalue weighted by molar-refractivity contribution is 7.13. The number of carbonyl (C=O) groups is 1. The van der Waals surface area contributed by atoms with Crippen LogP contribution < -0.4 is 4.90 Å². The van der Waals surface area contributed by atoms with Crippen molar-refractivity contribution in [2.75, 3.05) is 11.4 Å². The van der Waals surface area contributed by atoms with Gasteiger partial charge in [0.2, 0.25) is 0 Å². The smallest absolute Gasteiger partial charge is 0.306 e. The minimum Gasteiger partial charge on any atom is -0.306 e. The van der Waals surface area contributed by atoms with Gasteiger partial charge >= 0.3 is 6.18 Å². The topological polar surface area (TPSA) is 33.2 Å². The van der Waals surface area contributed by atoms with E-state index in [9.17, 15) is 18.0 Å². The molecule has 26 heavy (non-hydrogen) atoms. The van der Waals surface area contributed by atoms with Crippen molar-refractivity contribution in [3.63, 3.8) is 0 Å². The number of hydrogen-bond acceptors (Lipinski definition) is 3. The molecule has 4 rings (SSSR count). The van der Waals surface area contributed by atoms with Crippen LogP contribution in [0.15, 0.2) is 53.9 Å². The molecule has 0 radical (unpaired) electrons. The van der Waals surface area contributed by atoms with Crippen LogP contribution in [-0.4, -0.2) is 17.4 Å². The summed E-state index contributed by atoms with van der Waals surface area (Å²) in [5, 5.41) is 1.99. The summed E-state index contributed by atoms with van der Waals surface area (Å²) in [7, 11) is 0. The van der Waals surface area contributed by atoms with Gasteiger partial charge in [-0.25, -0.2) is 4.98 Å². The molecule has 3 nitrogen and oxygen atoms in total. The van der Waals surface area contributed by atoms with Crippen molar-refractivity contribution >= 4 is 22.9 Å². The van der Waals surface area contributed by atoms with Crippen LogP contribution in [0.2, 0.25) is 0 Å². The summed E-state index contributed by atoms with van der Waals surface area (Å²) < 4.78 is 38.7. The van der Waals surface area contributed by atoms with Crippen molar-refractivity contribution in [2.24, 2.45) is 0 Å². The van der Waals surface area contributed by atoms with Gasteiger partial charge in [0.25, 0.3) is 5.91 Å². The van der Waals surface area contributed by atoms with Gasteiger partial charge < -0.3 is 4.90 Å². The van der Waals surface area contributed by atoms with E-state index in [-0.39, 0.29) is 11.6 Å². The first-order valence-corrected chi connectivity index (χ1v) is 8.84. The molecule has 1 aliphatic rings. The average Bonchev–Trinajstić information content (AvgIpc) is 3.28. The average molecular weight is 374 g/mol. The number of alkyl halides is 3. The Morgan fingerprint density at radius 3 is 2.73 bits per heavy atom. The van der Waals surface area contributed by atoms with Gasteiger partial charge in [-0.05, 0) is 30.2 Å². The molecule has 0 atom stereocenters. The number of carbonyl (C=O) groups excluding carboxylic acids is 1. The normalized spacial score (nSPS) is 13.7. The number of hydrogen-bond donors (Lipinski definition) is 0. The lowest BCUT2D eigenvalue weighted by molar-refractivity contribution is -0.137. The first-order chi connectivity index (χ1) is 12.4. The second-order valence-corrected chi connectivity index (χ2v) is 6.81. The number of nitrogens with zero attached hydrogens (tertiary/aromatic N) is 2. The molecule has 1 amide bonds. The number of para-hydroxylation sites is 1. The molecule has 0 fully saturated rings. The van der Waals surface area contributed by atoms with Crippen molar-refractivity contribution in [1.29, 1.82) is 0 Å². The third kappa shape index (κ3) is 2.99. The number of amides is 1. The third-order valence-corrected chi connectivity index (χ3v) is 5.18. The molecule has 0 aliphatic carbocycles. The molecule has 0 saturated carbocycles. The Bertz CT molecular complexity index is 981. The van der Waals surface area contributed by atoms with E-state index < -0.39 is 11.7 Å². The Kier molecular flexibility index (Phi) is 4.03. The number of fused-ring (bicyclic) bond motifs is 1. The van der Waals surface area contributed by atoms with E-state index in [1.807, 2.05) is 24.3 Å². The summed E-state index contributed by atoms with van der Waals surface area (Å²) >= 11 is 1.16. The summed E-state index contributed by atoms with van der Waals surface area (Å²) in [6, 6.07) is 12.7. The van der Waals surface area contributed by atoms with Crippen LogP contribution in [0.25, 0.3) is 10.6 Å². The van der Waals surface area contributed by atoms with Crippen molar-refractivity contribution < 1.29 is 18.0 Å². The van der Waals surface area contributed by atoms with E-state index in [0.717, 1.165) is 41.1 Å². The Hall–Kier alpha value is -2.67. The highest BCUT2D eigenvalue weighted by atomic mass is 32.1. The van der Waals surface area contributed by atoms with Crippen LogP contribution in [0.3, 0.4) is 0 Å². The van der Waals surface area contributed by atoms with Crippen LogP contribution in [0.4, 0.5) is 18.9 Å². The number of benzene rings is 2. The van der Waals surface area contributed by atoms with Gasteiger partial charge in [-0.2, -0.15) is 13.2 Å². The molecule has 1 aliphatic heterocycles. The zero-order valence-corrected chi connectivity index (χ0v) is 14.3. The fourth-order valence-corrected chi connectivity index (χ4v) is 3.81. The van der Waals surface area contributed by atoms with Crippen LogP contribution in [0.5, 0.6) is 0 Å². The molecule has 0 unspecified atom stereocenters. The molecule has 0 N–H and O–H groups in total. The SMILES string of the molecule is O=C(c1csc(-c2cccc(C(F)(F)F)c2)n1)N1CCc2ccccc21. The second-order valence-electron chi connectivity index (χ2n) is 5.95. The number of thiazole rings is 1. The van der Waals surface area contributed by atoms with Crippen LogP contribution in [-0.2, 0) is 12.6 Å². The lowest BCUT2D eigenvalue weighted by Crippen LogP contribution is -2.29. The lowest BCUT2D eigenvalue weighted by Gasteiger charge is -2.15. The fraction of sp³-hybridized carbons (Fsp3) is 0.158.